The maximum absolute atomic E-state index is 12.8. The molecule has 0 spiro atoms. The zero-order chi connectivity index (χ0) is 12.8. The summed E-state index contributed by atoms with van der Waals surface area (Å²) >= 11 is 1.50. The van der Waals surface area contributed by atoms with E-state index in [9.17, 15) is 13.6 Å². The monoisotopic (exact) mass is 265 g/mol. The molecule has 1 rings (SSSR count). The molecule has 5 nitrogen and oxygen atoms in total. The van der Waals surface area contributed by atoms with Crippen molar-refractivity contribution in [2.45, 2.75) is 19.9 Å². The molecule has 0 saturated carbocycles. The highest BCUT2D eigenvalue weighted by Crippen LogP contribution is 2.22. The summed E-state index contributed by atoms with van der Waals surface area (Å²) in [6.07, 6.45) is -0.947. The Morgan fingerprint density at radius 3 is 2.82 bits per heavy atom. The van der Waals surface area contributed by atoms with Crippen LogP contribution in [0.25, 0.3) is 0 Å². The second-order valence-electron chi connectivity index (χ2n) is 3.06. The van der Waals surface area contributed by atoms with Gasteiger partial charge in [0.1, 0.15) is 5.69 Å². The van der Waals surface area contributed by atoms with Crippen LogP contribution in [-0.4, -0.2) is 39.6 Å². The average molecular weight is 265 g/mol. The lowest BCUT2D eigenvalue weighted by molar-refractivity contribution is 0.0506. The Bertz CT molecular complexity index is 384. The predicted octanol–water partition coefficient (Wildman–Crippen LogP) is 1.76. The SMILES string of the molecule is CCOC(=O)c1nnn(CCSC)c1C(F)F. The van der Waals surface area contributed by atoms with Gasteiger partial charge in [-0.1, -0.05) is 5.21 Å². The van der Waals surface area contributed by atoms with Crippen LogP contribution in [0.1, 0.15) is 29.5 Å². The third kappa shape index (κ3) is 3.39. The highest BCUT2D eigenvalue weighted by atomic mass is 32.2. The number of carbonyl (C=O) groups excluding carboxylic acids is 1. The maximum atomic E-state index is 12.8. The van der Waals surface area contributed by atoms with Gasteiger partial charge in [0.25, 0.3) is 6.43 Å². The number of carbonyl (C=O) groups is 1. The summed E-state index contributed by atoms with van der Waals surface area (Å²) in [6.45, 7) is 1.99. The van der Waals surface area contributed by atoms with E-state index in [0.29, 0.717) is 5.75 Å². The number of aryl methyl sites for hydroxylation is 1. The summed E-state index contributed by atoms with van der Waals surface area (Å²) in [5.74, 6) is -0.246. The lowest BCUT2D eigenvalue weighted by Crippen LogP contribution is -2.12. The smallest absolute Gasteiger partial charge is 0.361 e. The van der Waals surface area contributed by atoms with E-state index in [1.54, 1.807) is 6.92 Å². The maximum Gasteiger partial charge on any atom is 0.361 e. The number of nitrogens with zero attached hydrogens (tertiary/aromatic N) is 3. The lowest BCUT2D eigenvalue weighted by Gasteiger charge is -2.05. The molecule has 0 N–H and O–H groups in total. The zero-order valence-corrected chi connectivity index (χ0v) is 10.3. The molecule has 0 fully saturated rings. The molecule has 17 heavy (non-hydrogen) atoms. The lowest BCUT2D eigenvalue weighted by atomic mass is 10.3. The van der Waals surface area contributed by atoms with Crippen molar-refractivity contribution in [3.63, 3.8) is 0 Å². The zero-order valence-electron chi connectivity index (χ0n) is 9.52. The van der Waals surface area contributed by atoms with Gasteiger partial charge in [0.05, 0.1) is 13.2 Å². The summed E-state index contributed by atoms with van der Waals surface area (Å²) in [5.41, 5.74) is -0.875. The fourth-order valence-electron chi connectivity index (χ4n) is 1.22. The van der Waals surface area contributed by atoms with Crippen LogP contribution in [0.5, 0.6) is 0 Å². The average Bonchev–Trinajstić information content (AvgIpc) is 2.70. The first kappa shape index (κ1) is 13.9. The number of rotatable bonds is 6. The number of halogens is 2. The van der Waals surface area contributed by atoms with Gasteiger partial charge in [-0.25, -0.2) is 18.3 Å². The minimum absolute atomic E-state index is 0.110. The van der Waals surface area contributed by atoms with Crippen molar-refractivity contribution in [2.24, 2.45) is 0 Å². The first-order valence-electron chi connectivity index (χ1n) is 4.99. The van der Waals surface area contributed by atoms with E-state index in [4.69, 9.17) is 0 Å². The molecule has 0 unspecified atom stereocenters. The highest BCUT2D eigenvalue weighted by Gasteiger charge is 2.27. The summed E-state index contributed by atoms with van der Waals surface area (Å²) in [6, 6.07) is 0. The third-order valence-electron chi connectivity index (χ3n) is 1.96. The van der Waals surface area contributed by atoms with E-state index in [1.807, 2.05) is 6.26 Å². The molecule has 0 aliphatic heterocycles. The predicted molar refractivity (Wildman–Crippen MR) is 59.3 cm³/mol. The highest BCUT2D eigenvalue weighted by molar-refractivity contribution is 7.98. The Morgan fingerprint density at radius 2 is 2.29 bits per heavy atom. The number of aromatic nitrogens is 3. The van der Waals surface area contributed by atoms with Crippen LogP contribution in [0.4, 0.5) is 8.78 Å². The molecule has 0 aromatic carbocycles. The molecule has 1 heterocycles. The number of hydrogen-bond donors (Lipinski definition) is 0. The van der Waals surface area contributed by atoms with Crippen LogP contribution < -0.4 is 0 Å². The number of thioether (sulfide) groups is 1. The van der Waals surface area contributed by atoms with Crippen molar-refractivity contribution in [1.82, 2.24) is 15.0 Å². The molecular weight excluding hydrogens is 252 g/mol. The molecule has 0 amide bonds. The van der Waals surface area contributed by atoms with Crippen molar-refractivity contribution >= 4 is 17.7 Å². The van der Waals surface area contributed by atoms with E-state index >= 15 is 0 Å². The Balaban J connectivity index is 2.97. The number of esters is 1. The van der Waals surface area contributed by atoms with Crippen molar-refractivity contribution in [1.29, 1.82) is 0 Å². The Kier molecular flexibility index (Phi) is 5.33. The number of ether oxygens (including phenoxy) is 1. The molecule has 8 heteroatoms. The van der Waals surface area contributed by atoms with Gasteiger partial charge in [0.15, 0.2) is 5.69 Å². The number of hydrogen-bond acceptors (Lipinski definition) is 5. The van der Waals surface area contributed by atoms with Gasteiger partial charge in [-0.3, -0.25) is 0 Å². The normalized spacial score (nSPS) is 10.9. The van der Waals surface area contributed by atoms with Crippen molar-refractivity contribution in [3.8, 4) is 0 Å². The number of alkyl halides is 2. The van der Waals surface area contributed by atoms with Gasteiger partial charge in [-0.15, -0.1) is 5.10 Å². The first-order valence-corrected chi connectivity index (χ1v) is 6.38. The van der Waals surface area contributed by atoms with Gasteiger partial charge < -0.3 is 4.74 Å². The molecule has 0 atom stereocenters. The second-order valence-corrected chi connectivity index (χ2v) is 4.05. The van der Waals surface area contributed by atoms with Crippen molar-refractivity contribution in [2.75, 3.05) is 18.6 Å². The molecule has 96 valence electrons. The third-order valence-corrected chi connectivity index (χ3v) is 2.55. The molecule has 0 radical (unpaired) electrons. The Morgan fingerprint density at radius 1 is 1.59 bits per heavy atom. The van der Waals surface area contributed by atoms with Crippen LogP contribution in [0, 0.1) is 0 Å². The summed E-state index contributed by atoms with van der Waals surface area (Å²) in [7, 11) is 0. The largest absolute Gasteiger partial charge is 0.461 e. The fraction of sp³-hybridized carbons (Fsp3) is 0.667. The van der Waals surface area contributed by atoms with Crippen LogP contribution in [-0.2, 0) is 11.3 Å². The fourth-order valence-corrected chi connectivity index (χ4v) is 1.58. The molecule has 0 aliphatic rings. The minimum atomic E-state index is -2.80. The van der Waals surface area contributed by atoms with Gasteiger partial charge >= 0.3 is 5.97 Å². The second kappa shape index (κ2) is 6.53. The molecule has 1 aromatic rings. The molecule has 1 aromatic heterocycles. The van der Waals surface area contributed by atoms with Gasteiger partial charge in [-0.05, 0) is 13.2 Å². The summed E-state index contributed by atoms with van der Waals surface area (Å²) < 4.78 is 31.4. The quantitative estimate of drug-likeness (QED) is 0.733. The Labute approximate surface area is 102 Å². The van der Waals surface area contributed by atoms with E-state index in [0.717, 1.165) is 4.68 Å². The van der Waals surface area contributed by atoms with Crippen molar-refractivity contribution in [3.05, 3.63) is 11.4 Å². The topological polar surface area (TPSA) is 57.0 Å². The van der Waals surface area contributed by atoms with Gasteiger partial charge in [0, 0.05) is 5.75 Å². The molecule has 0 bridgehead atoms. The van der Waals surface area contributed by atoms with Crippen LogP contribution in [0.15, 0.2) is 0 Å². The standard InChI is InChI=1S/C9H13F2N3O2S/c1-3-16-9(15)6-7(8(10)11)14(13-12-6)4-5-17-2/h8H,3-5H2,1-2H3. The minimum Gasteiger partial charge on any atom is -0.461 e. The van der Waals surface area contributed by atoms with E-state index in [1.165, 1.54) is 11.8 Å². The summed E-state index contributed by atoms with van der Waals surface area (Å²) in [4.78, 5) is 11.4. The van der Waals surface area contributed by atoms with Crippen LogP contribution in [0.3, 0.4) is 0 Å². The van der Waals surface area contributed by atoms with Gasteiger partial charge in [0.2, 0.25) is 0 Å². The van der Waals surface area contributed by atoms with E-state index in [2.05, 4.69) is 15.0 Å². The van der Waals surface area contributed by atoms with Gasteiger partial charge in [-0.2, -0.15) is 11.8 Å². The first-order chi connectivity index (χ1) is 8.11. The Hall–Kier alpha value is -1.18. The molecule has 0 aliphatic carbocycles. The summed E-state index contributed by atoms with van der Waals surface area (Å²) in [5, 5.41) is 7.01. The molecule has 0 saturated heterocycles. The van der Waals surface area contributed by atoms with Crippen molar-refractivity contribution < 1.29 is 18.3 Å². The van der Waals surface area contributed by atoms with Crippen LogP contribution in [0.2, 0.25) is 0 Å². The van der Waals surface area contributed by atoms with E-state index in [-0.39, 0.29) is 13.2 Å². The van der Waals surface area contributed by atoms with E-state index < -0.39 is 23.8 Å². The van der Waals surface area contributed by atoms with Crippen LogP contribution >= 0.6 is 11.8 Å². The molecular formula is C9H13F2N3O2S.